The SMILES string of the molecule is Cc1ccc2c(c1)CC(CNCCc1noc(C)n1)O2. The molecule has 3 rings (SSSR count). The zero-order chi connectivity index (χ0) is 13.9. The molecule has 5 nitrogen and oxygen atoms in total. The third kappa shape index (κ3) is 2.99. The van der Waals surface area contributed by atoms with Gasteiger partial charge in [-0.25, -0.2) is 0 Å². The minimum absolute atomic E-state index is 0.221. The van der Waals surface area contributed by atoms with E-state index in [0.29, 0.717) is 5.89 Å². The number of hydrogen-bond acceptors (Lipinski definition) is 5. The second kappa shape index (κ2) is 5.63. The third-order valence-electron chi connectivity index (χ3n) is 3.42. The van der Waals surface area contributed by atoms with E-state index in [-0.39, 0.29) is 6.10 Å². The number of rotatable bonds is 5. The Morgan fingerprint density at radius 3 is 3.05 bits per heavy atom. The van der Waals surface area contributed by atoms with Crippen molar-refractivity contribution in [3.63, 3.8) is 0 Å². The molecule has 5 heteroatoms. The fourth-order valence-electron chi connectivity index (χ4n) is 2.47. The molecule has 0 bridgehead atoms. The number of aryl methyl sites for hydroxylation is 2. The van der Waals surface area contributed by atoms with Gasteiger partial charge in [0.25, 0.3) is 0 Å². The van der Waals surface area contributed by atoms with Crippen LogP contribution in [-0.2, 0) is 12.8 Å². The Kier molecular flexibility index (Phi) is 3.69. The van der Waals surface area contributed by atoms with Crippen molar-refractivity contribution in [2.75, 3.05) is 13.1 Å². The number of benzene rings is 1. The zero-order valence-corrected chi connectivity index (χ0v) is 11.8. The Balaban J connectivity index is 1.42. The highest BCUT2D eigenvalue weighted by atomic mass is 16.5. The molecule has 0 radical (unpaired) electrons. The van der Waals surface area contributed by atoms with Crippen molar-refractivity contribution in [3.05, 3.63) is 41.0 Å². The standard InChI is InChI=1S/C15H19N3O2/c1-10-3-4-14-12(7-10)8-13(19-14)9-16-6-5-15-17-11(2)20-18-15/h3-4,7,13,16H,5-6,8-9H2,1-2H3. The average molecular weight is 273 g/mol. The molecule has 1 aliphatic rings. The smallest absolute Gasteiger partial charge is 0.223 e. The fourth-order valence-corrected chi connectivity index (χ4v) is 2.47. The van der Waals surface area contributed by atoms with Gasteiger partial charge in [0.15, 0.2) is 5.82 Å². The van der Waals surface area contributed by atoms with Gasteiger partial charge in [-0.1, -0.05) is 22.9 Å². The van der Waals surface area contributed by atoms with Gasteiger partial charge < -0.3 is 14.6 Å². The van der Waals surface area contributed by atoms with Crippen LogP contribution in [0.15, 0.2) is 22.7 Å². The Morgan fingerprint density at radius 1 is 1.35 bits per heavy atom. The molecule has 0 aliphatic carbocycles. The number of aromatic nitrogens is 2. The van der Waals surface area contributed by atoms with Gasteiger partial charge in [0.1, 0.15) is 11.9 Å². The molecule has 0 fully saturated rings. The highest BCUT2D eigenvalue weighted by molar-refractivity contribution is 5.40. The molecular weight excluding hydrogens is 254 g/mol. The lowest BCUT2D eigenvalue weighted by Crippen LogP contribution is -2.31. The third-order valence-corrected chi connectivity index (χ3v) is 3.42. The van der Waals surface area contributed by atoms with E-state index in [2.05, 4.69) is 40.6 Å². The van der Waals surface area contributed by atoms with Crippen LogP contribution in [0.25, 0.3) is 0 Å². The van der Waals surface area contributed by atoms with Crippen molar-refractivity contribution < 1.29 is 9.26 Å². The summed E-state index contributed by atoms with van der Waals surface area (Å²) in [5.41, 5.74) is 2.60. The maximum Gasteiger partial charge on any atom is 0.223 e. The van der Waals surface area contributed by atoms with Crippen LogP contribution < -0.4 is 10.1 Å². The van der Waals surface area contributed by atoms with Crippen LogP contribution in [0.5, 0.6) is 5.75 Å². The van der Waals surface area contributed by atoms with Crippen LogP contribution in [-0.4, -0.2) is 29.3 Å². The van der Waals surface area contributed by atoms with Crippen molar-refractivity contribution in [3.8, 4) is 5.75 Å². The summed E-state index contributed by atoms with van der Waals surface area (Å²) in [4.78, 5) is 4.17. The normalized spacial score (nSPS) is 17.0. The minimum atomic E-state index is 0.221. The van der Waals surface area contributed by atoms with E-state index in [1.807, 2.05) is 0 Å². The summed E-state index contributed by atoms with van der Waals surface area (Å²) in [6, 6.07) is 6.36. The largest absolute Gasteiger partial charge is 0.488 e. The highest BCUT2D eigenvalue weighted by Gasteiger charge is 2.22. The molecule has 1 aromatic carbocycles. The van der Waals surface area contributed by atoms with Gasteiger partial charge >= 0.3 is 0 Å². The molecule has 2 heterocycles. The summed E-state index contributed by atoms with van der Waals surface area (Å²) in [5.74, 6) is 2.39. The molecule has 0 saturated carbocycles. The first-order valence-electron chi connectivity index (χ1n) is 6.97. The van der Waals surface area contributed by atoms with Crippen molar-refractivity contribution in [1.29, 1.82) is 0 Å². The summed E-state index contributed by atoms with van der Waals surface area (Å²) in [7, 11) is 0. The molecule has 0 spiro atoms. The molecule has 1 N–H and O–H groups in total. The Morgan fingerprint density at radius 2 is 2.25 bits per heavy atom. The first-order valence-corrected chi connectivity index (χ1v) is 6.97. The van der Waals surface area contributed by atoms with Gasteiger partial charge in [-0.05, 0) is 18.6 Å². The lowest BCUT2D eigenvalue weighted by atomic mass is 10.1. The Hall–Kier alpha value is -1.88. The van der Waals surface area contributed by atoms with E-state index in [4.69, 9.17) is 9.26 Å². The van der Waals surface area contributed by atoms with E-state index >= 15 is 0 Å². The van der Waals surface area contributed by atoms with Crippen LogP contribution in [0.1, 0.15) is 22.8 Å². The maximum atomic E-state index is 5.91. The molecule has 1 atom stereocenters. The van der Waals surface area contributed by atoms with Crippen LogP contribution in [0.2, 0.25) is 0 Å². The summed E-state index contributed by atoms with van der Waals surface area (Å²) >= 11 is 0. The fraction of sp³-hybridized carbons (Fsp3) is 0.467. The quantitative estimate of drug-likeness (QED) is 0.842. The van der Waals surface area contributed by atoms with Crippen molar-refractivity contribution >= 4 is 0 Å². The van der Waals surface area contributed by atoms with Crippen molar-refractivity contribution in [2.24, 2.45) is 0 Å². The van der Waals surface area contributed by atoms with Gasteiger partial charge in [-0.15, -0.1) is 0 Å². The molecule has 1 aliphatic heterocycles. The molecule has 20 heavy (non-hydrogen) atoms. The highest BCUT2D eigenvalue weighted by Crippen LogP contribution is 2.29. The van der Waals surface area contributed by atoms with Gasteiger partial charge in [0.2, 0.25) is 5.89 Å². The molecule has 0 saturated heterocycles. The molecule has 1 unspecified atom stereocenters. The summed E-state index contributed by atoms with van der Waals surface area (Å²) in [6.45, 7) is 5.58. The van der Waals surface area contributed by atoms with E-state index < -0.39 is 0 Å². The van der Waals surface area contributed by atoms with Crippen LogP contribution >= 0.6 is 0 Å². The predicted molar refractivity (Wildman–Crippen MR) is 74.9 cm³/mol. The summed E-state index contributed by atoms with van der Waals surface area (Å²) < 4.78 is 10.8. The van der Waals surface area contributed by atoms with E-state index in [9.17, 15) is 0 Å². The van der Waals surface area contributed by atoms with Crippen molar-refractivity contribution in [1.82, 2.24) is 15.5 Å². The number of hydrogen-bond donors (Lipinski definition) is 1. The van der Waals surface area contributed by atoms with Gasteiger partial charge in [-0.3, -0.25) is 0 Å². The van der Waals surface area contributed by atoms with E-state index in [1.165, 1.54) is 11.1 Å². The first-order chi connectivity index (χ1) is 9.70. The second-order valence-corrected chi connectivity index (χ2v) is 5.24. The summed E-state index contributed by atoms with van der Waals surface area (Å²) in [6.07, 6.45) is 1.97. The molecule has 1 aromatic heterocycles. The molecular formula is C15H19N3O2. The van der Waals surface area contributed by atoms with Crippen LogP contribution in [0, 0.1) is 13.8 Å². The predicted octanol–water partition coefficient (Wildman–Crippen LogP) is 1.82. The molecule has 2 aromatic rings. The van der Waals surface area contributed by atoms with Gasteiger partial charge in [-0.2, -0.15) is 4.98 Å². The average Bonchev–Trinajstić information content (AvgIpc) is 3.00. The zero-order valence-electron chi connectivity index (χ0n) is 11.8. The Bertz CT molecular complexity index is 595. The number of fused-ring (bicyclic) bond motifs is 1. The molecule has 106 valence electrons. The lowest BCUT2D eigenvalue weighted by Gasteiger charge is -2.11. The topological polar surface area (TPSA) is 60.2 Å². The monoisotopic (exact) mass is 273 g/mol. The maximum absolute atomic E-state index is 5.91. The van der Waals surface area contributed by atoms with Gasteiger partial charge in [0, 0.05) is 32.9 Å². The van der Waals surface area contributed by atoms with Crippen molar-refractivity contribution in [2.45, 2.75) is 32.8 Å². The lowest BCUT2D eigenvalue weighted by molar-refractivity contribution is 0.228. The number of nitrogens with one attached hydrogen (secondary N) is 1. The summed E-state index contributed by atoms with van der Waals surface area (Å²) in [5, 5.41) is 7.26. The second-order valence-electron chi connectivity index (χ2n) is 5.24. The van der Waals surface area contributed by atoms with E-state index in [1.54, 1.807) is 6.92 Å². The van der Waals surface area contributed by atoms with Gasteiger partial charge in [0.05, 0.1) is 0 Å². The van der Waals surface area contributed by atoms with E-state index in [0.717, 1.165) is 37.5 Å². The number of nitrogens with zero attached hydrogens (tertiary/aromatic N) is 2. The Labute approximate surface area is 118 Å². The minimum Gasteiger partial charge on any atom is -0.488 e. The number of ether oxygens (including phenoxy) is 1. The first kappa shape index (κ1) is 13.1. The van der Waals surface area contributed by atoms with Crippen LogP contribution in [0.4, 0.5) is 0 Å². The molecule has 0 amide bonds. The van der Waals surface area contributed by atoms with Crippen LogP contribution in [0.3, 0.4) is 0 Å².